The van der Waals surface area contributed by atoms with E-state index in [0.29, 0.717) is 26.2 Å². The number of hydrogen-bond acceptors (Lipinski definition) is 3. The number of amides is 4. The number of likely N-dealkylation sites (tertiary alicyclic amines) is 1. The largest absolute Gasteiger partial charge is 0.340 e. The summed E-state index contributed by atoms with van der Waals surface area (Å²) in [7, 11) is 0. The van der Waals surface area contributed by atoms with Gasteiger partial charge in [0.25, 0.3) is 5.91 Å². The third kappa shape index (κ3) is 5.32. The van der Waals surface area contributed by atoms with Crippen molar-refractivity contribution in [1.82, 2.24) is 20.0 Å². The van der Waals surface area contributed by atoms with Crippen LogP contribution in [0, 0.1) is 17.6 Å². The minimum atomic E-state index is -0.975. The van der Waals surface area contributed by atoms with Crippen molar-refractivity contribution in [2.75, 3.05) is 39.3 Å². The summed E-state index contributed by atoms with van der Waals surface area (Å²) in [5.41, 5.74) is -0.696. The fourth-order valence-electron chi connectivity index (χ4n) is 4.04. The number of rotatable bonds is 4. The molecule has 0 spiro atoms. The number of piperazine rings is 1. The zero-order valence-electron chi connectivity index (χ0n) is 18.1. The Bertz CT molecular complexity index is 799. The summed E-state index contributed by atoms with van der Waals surface area (Å²) in [4.78, 5) is 43.4. The van der Waals surface area contributed by atoms with Crippen molar-refractivity contribution in [3.05, 3.63) is 35.4 Å². The average Bonchev–Trinajstić information content (AvgIpc) is 2.77. The maximum Gasteiger partial charge on any atom is 0.320 e. The first-order valence-electron chi connectivity index (χ1n) is 10.9. The van der Waals surface area contributed by atoms with Gasteiger partial charge in [0.05, 0.1) is 0 Å². The number of carbonyl (C=O) groups is 3. The molecule has 1 atom stereocenters. The van der Waals surface area contributed by atoms with Crippen molar-refractivity contribution < 1.29 is 23.2 Å². The Hall–Kier alpha value is -2.71. The standard InChI is InChI=1S/C22H30F2N4O3/c1-15(2)19(25-20(29)18-16(23)7-6-8-17(18)24)21(30)26-11-13-28(14-12-26)22(31)27-9-4-3-5-10-27/h6-8,15,19H,3-5,9-14H2,1-2H3,(H,25,29)/t19-/m0/s1. The molecule has 170 valence electrons. The number of piperidine rings is 1. The predicted octanol–water partition coefficient (Wildman–Crippen LogP) is 2.47. The van der Waals surface area contributed by atoms with Gasteiger partial charge in [0.15, 0.2) is 0 Å². The van der Waals surface area contributed by atoms with E-state index >= 15 is 0 Å². The van der Waals surface area contributed by atoms with E-state index < -0.39 is 29.1 Å². The quantitative estimate of drug-likeness (QED) is 0.788. The normalized spacial score (nSPS) is 18.2. The summed E-state index contributed by atoms with van der Waals surface area (Å²) in [6, 6.07) is 2.27. The molecule has 1 aromatic carbocycles. The van der Waals surface area contributed by atoms with Crippen LogP contribution in [0.2, 0.25) is 0 Å². The zero-order valence-corrected chi connectivity index (χ0v) is 18.1. The maximum atomic E-state index is 13.9. The molecule has 0 bridgehead atoms. The van der Waals surface area contributed by atoms with E-state index in [9.17, 15) is 23.2 Å². The van der Waals surface area contributed by atoms with Crippen LogP contribution in [0.4, 0.5) is 13.6 Å². The molecule has 2 aliphatic heterocycles. The van der Waals surface area contributed by atoms with Gasteiger partial charge in [-0.15, -0.1) is 0 Å². The topological polar surface area (TPSA) is 73.0 Å². The van der Waals surface area contributed by atoms with E-state index in [-0.39, 0.29) is 17.9 Å². The van der Waals surface area contributed by atoms with Crippen molar-refractivity contribution in [1.29, 1.82) is 0 Å². The molecule has 3 rings (SSSR count). The second-order valence-electron chi connectivity index (χ2n) is 8.43. The molecule has 2 saturated heterocycles. The van der Waals surface area contributed by atoms with Gasteiger partial charge in [-0.1, -0.05) is 19.9 Å². The first kappa shape index (κ1) is 23.0. The van der Waals surface area contributed by atoms with E-state index in [1.807, 2.05) is 4.90 Å². The monoisotopic (exact) mass is 436 g/mol. The van der Waals surface area contributed by atoms with Crippen molar-refractivity contribution in [2.45, 2.75) is 39.2 Å². The minimum Gasteiger partial charge on any atom is -0.340 e. The summed E-state index contributed by atoms with van der Waals surface area (Å²) in [6.45, 7) is 6.60. The lowest BCUT2D eigenvalue weighted by molar-refractivity contribution is -0.135. The second kappa shape index (κ2) is 10.1. The summed E-state index contributed by atoms with van der Waals surface area (Å²) < 4.78 is 27.9. The number of hydrogen-bond donors (Lipinski definition) is 1. The number of halogens is 2. The van der Waals surface area contributed by atoms with E-state index in [1.54, 1.807) is 23.6 Å². The van der Waals surface area contributed by atoms with E-state index in [1.165, 1.54) is 6.07 Å². The van der Waals surface area contributed by atoms with Crippen molar-refractivity contribution >= 4 is 17.8 Å². The van der Waals surface area contributed by atoms with E-state index in [4.69, 9.17) is 0 Å². The number of benzene rings is 1. The Morgan fingerprint density at radius 2 is 1.35 bits per heavy atom. The maximum absolute atomic E-state index is 13.9. The van der Waals surface area contributed by atoms with Gasteiger partial charge in [-0.3, -0.25) is 9.59 Å². The highest BCUT2D eigenvalue weighted by Gasteiger charge is 2.33. The van der Waals surface area contributed by atoms with Gasteiger partial charge in [-0.2, -0.15) is 0 Å². The third-order valence-corrected chi connectivity index (χ3v) is 5.90. The Kier molecular flexibility index (Phi) is 7.46. The number of nitrogens with zero attached hydrogens (tertiary/aromatic N) is 3. The summed E-state index contributed by atoms with van der Waals surface area (Å²) in [5.74, 6) is -3.50. The number of urea groups is 1. The van der Waals surface area contributed by atoms with Gasteiger partial charge in [0.2, 0.25) is 5.91 Å². The van der Waals surface area contributed by atoms with Gasteiger partial charge < -0.3 is 20.0 Å². The van der Waals surface area contributed by atoms with Crippen LogP contribution in [0.15, 0.2) is 18.2 Å². The average molecular weight is 437 g/mol. The second-order valence-corrected chi connectivity index (χ2v) is 8.43. The van der Waals surface area contributed by atoms with Gasteiger partial charge in [-0.25, -0.2) is 13.6 Å². The van der Waals surface area contributed by atoms with Crippen molar-refractivity contribution in [3.8, 4) is 0 Å². The van der Waals surface area contributed by atoms with E-state index in [0.717, 1.165) is 44.5 Å². The Labute approximate surface area is 181 Å². The molecule has 0 unspecified atom stereocenters. The molecule has 2 heterocycles. The molecule has 0 aliphatic carbocycles. The highest BCUT2D eigenvalue weighted by atomic mass is 19.1. The lowest BCUT2D eigenvalue weighted by Gasteiger charge is -2.40. The molecule has 0 radical (unpaired) electrons. The summed E-state index contributed by atoms with van der Waals surface area (Å²) in [5, 5.41) is 2.50. The lowest BCUT2D eigenvalue weighted by atomic mass is 10.0. The third-order valence-electron chi connectivity index (χ3n) is 5.90. The van der Waals surface area contributed by atoms with Crippen LogP contribution in [-0.2, 0) is 4.79 Å². The van der Waals surface area contributed by atoms with Crippen LogP contribution in [0.1, 0.15) is 43.5 Å². The summed E-state index contributed by atoms with van der Waals surface area (Å²) >= 11 is 0. The number of carbonyl (C=O) groups excluding carboxylic acids is 3. The molecule has 31 heavy (non-hydrogen) atoms. The molecule has 2 aliphatic rings. The molecule has 2 fully saturated rings. The Balaban J connectivity index is 1.61. The molecular formula is C22H30F2N4O3. The SMILES string of the molecule is CC(C)[C@H](NC(=O)c1c(F)cccc1F)C(=O)N1CCN(C(=O)N2CCCCC2)CC1. The van der Waals surface area contributed by atoms with Gasteiger partial charge in [-0.05, 0) is 37.3 Å². The molecule has 9 heteroatoms. The van der Waals surface area contributed by atoms with Crippen LogP contribution >= 0.6 is 0 Å². The fourth-order valence-corrected chi connectivity index (χ4v) is 4.04. The Morgan fingerprint density at radius 1 is 0.839 bits per heavy atom. The molecular weight excluding hydrogens is 406 g/mol. The first-order valence-corrected chi connectivity index (χ1v) is 10.9. The predicted molar refractivity (Wildman–Crippen MR) is 111 cm³/mol. The van der Waals surface area contributed by atoms with Crippen LogP contribution in [0.25, 0.3) is 0 Å². The molecule has 1 aromatic rings. The molecule has 7 nitrogen and oxygen atoms in total. The molecule has 4 amide bonds. The van der Waals surface area contributed by atoms with E-state index in [2.05, 4.69) is 5.32 Å². The number of nitrogens with one attached hydrogen (secondary N) is 1. The van der Waals surface area contributed by atoms with Crippen LogP contribution in [0.5, 0.6) is 0 Å². The van der Waals surface area contributed by atoms with Crippen LogP contribution in [-0.4, -0.2) is 77.9 Å². The van der Waals surface area contributed by atoms with Crippen molar-refractivity contribution in [2.24, 2.45) is 5.92 Å². The fraction of sp³-hybridized carbons (Fsp3) is 0.591. The molecule has 0 aromatic heterocycles. The van der Waals surface area contributed by atoms with Gasteiger partial charge in [0.1, 0.15) is 23.2 Å². The highest BCUT2D eigenvalue weighted by molar-refractivity contribution is 5.98. The van der Waals surface area contributed by atoms with Crippen molar-refractivity contribution in [3.63, 3.8) is 0 Å². The smallest absolute Gasteiger partial charge is 0.320 e. The van der Waals surface area contributed by atoms with Crippen LogP contribution < -0.4 is 5.32 Å². The summed E-state index contributed by atoms with van der Waals surface area (Å²) in [6.07, 6.45) is 3.18. The molecule has 0 saturated carbocycles. The van der Waals surface area contributed by atoms with Crippen LogP contribution in [0.3, 0.4) is 0 Å². The molecule has 1 N–H and O–H groups in total. The zero-order chi connectivity index (χ0) is 22.5. The van der Waals surface area contributed by atoms with Gasteiger partial charge in [0, 0.05) is 39.3 Å². The Morgan fingerprint density at radius 3 is 1.90 bits per heavy atom. The lowest BCUT2D eigenvalue weighted by Crippen LogP contribution is -2.58. The van der Waals surface area contributed by atoms with Gasteiger partial charge >= 0.3 is 6.03 Å². The minimum absolute atomic E-state index is 0.00976. The highest BCUT2D eigenvalue weighted by Crippen LogP contribution is 2.16. The first-order chi connectivity index (χ1) is 14.8.